The Morgan fingerprint density at radius 1 is 1.71 bits per heavy atom. The van der Waals surface area contributed by atoms with Gasteiger partial charge in [0.05, 0.1) is 16.9 Å². The second-order valence-electron chi connectivity index (χ2n) is 4.98. The number of carbonyl (C=O) groups excluding carboxylic acids is 1. The molecule has 9 heteroatoms. The molecule has 8 nitrogen and oxygen atoms in total. The molecule has 1 aromatic heterocycles. The Labute approximate surface area is 130 Å². The van der Waals surface area contributed by atoms with Crippen LogP contribution in [0.15, 0.2) is 4.47 Å². The molecule has 2 heterocycles. The molecule has 1 fully saturated rings. The number of nitrogens with zero attached hydrogens (tertiary/aromatic N) is 3. The summed E-state index contributed by atoms with van der Waals surface area (Å²) in [5, 5.41) is 17.5. The molecule has 1 saturated heterocycles. The molecule has 0 aromatic carbocycles. The topological polar surface area (TPSA) is 99.3 Å². The van der Waals surface area contributed by atoms with Crippen molar-refractivity contribution in [3.63, 3.8) is 0 Å². The molecule has 1 amide bonds. The van der Waals surface area contributed by atoms with Gasteiger partial charge < -0.3 is 20.2 Å². The van der Waals surface area contributed by atoms with Crippen molar-refractivity contribution in [1.82, 2.24) is 15.1 Å². The van der Waals surface area contributed by atoms with Crippen LogP contribution in [0.3, 0.4) is 0 Å². The van der Waals surface area contributed by atoms with Gasteiger partial charge in [-0.1, -0.05) is 0 Å². The molecule has 0 saturated carbocycles. The van der Waals surface area contributed by atoms with Gasteiger partial charge in [-0.15, -0.1) is 0 Å². The van der Waals surface area contributed by atoms with E-state index in [1.54, 1.807) is 13.8 Å². The second-order valence-corrected chi connectivity index (χ2v) is 5.77. The molecule has 1 N–H and O–H groups in total. The largest absolute Gasteiger partial charge is 0.404 e. The van der Waals surface area contributed by atoms with E-state index in [-0.39, 0.29) is 17.8 Å². The normalized spacial score (nSPS) is 19.5. The Morgan fingerprint density at radius 3 is 2.95 bits per heavy atom. The molecular formula is C12H17BrN4O4. The minimum Gasteiger partial charge on any atom is -0.376 e. The fraction of sp³-hybridized carbons (Fsp3) is 0.667. The summed E-state index contributed by atoms with van der Waals surface area (Å²) in [7, 11) is 0. The standard InChI is InChI=1S/C12H17BrN4O4/c1-7-10(13)11(17(19)20)15-16(7)8(2)12(18)14-6-9-4-3-5-21-9/h8-9H,3-6H2,1-2H3,(H,14,18)/t8-,9-/m0/s1. The number of ether oxygens (including phenoxy) is 1. The van der Waals surface area contributed by atoms with Crippen LogP contribution in [0.2, 0.25) is 0 Å². The van der Waals surface area contributed by atoms with Gasteiger partial charge in [-0.3, -0.25) is 4.79 Å². The van der Waals surface area contributed by atoms with E-state index in [0.717, 1.165) is 19.4 Å². The van der Waals surface area contributed by atoms with Crippen LogP contribution in [0, 0.1) is 17.0 Å². The monoisotopic (exact) mass is 360 g/mol. The highest BCUT2D eigenvalue weighted by Crippen LogP contribution is 2.29. The van der Waals surface area contributed by atoms with Crippen LogP contribution in [0.25, 0.3) is 0 Å². The maximum absolute atomic E-state index is 12.1. The summed E-state index contributed by atoms with van der Waals surface area (Å²) in [6.07, 6.45) is 2.00. The van der Waals surface area contributed by atoms with Crippen LogP contribution < -0.4 is 5.32 Å². The zero-order valence-corrected chi connectivity index (χ0v) is 13.4. The van der Waals surface area contributed by atoms with Crippen molar-refractivity contribution in [2.45, 2.75) is 38.8 Å². The number of nitrogens with one attached hydrogen (secondary N) is 1. The van der Waals surface area contributed by atoms with E-state index in [1.807, 2.05) is 0 Å². The van der Waals surface area contributed by atoms with E-state index < -0.39 is 11.0 Å². The van der Waals surface area contributed by atoms with Crippen molar-refractivity contribution in [2.24, 2.45) is 0 Å². The molecule has 0 bridgehead atoms. The van der Waals surface area contributed by atoms with Gasteiger partial charge in [0.2, 0.25) is 5.91 Å². The van der Waals surface area contributed by atoms with Gasteiger partial charge in [0.1, 0.15) is 10.5 Å². The summed E-state index contributed by atoms with van der Waals surface area (Å²) >= 11 is 3.14. The Kier molecular flexibility index (Phi) is 4.94. The molecule has 0 unspecified atom stereocenters. The highest BCUT2D eigenvalue weighted by Gasteiger charge is 2.29. The lowest BCUT2D eigenvalue weighted by atomic mass is 10.2. The maximum atomic E-state index is 12.1. The van der Waals surface area contributed by atoms with Crippen LogP contribution in [0.1, 0.15) is 31.5 Å². The third-order valence-corrected chi connectivity index (χ3v) is 4.44. The first-order valence-electron chi connectivity index (χ1n) is 6.70. The van der Waals surface area contributed by atoms with E-state index >= 15 is 0 Å². The van der Waals surface area contributed by atoms with Gasteiger partial charge in [-0.25, -0.2) is 0 Å². The van der Waals surface area contributed by atoms with Crippen molar-refractivity contribution >= 4 is 27.7 Å². The van der Waals surface area contributed by atoms with E-state index in [0.29, 0.717) is 16.7 Å². The minimum atomic E-state index is -0.628. The van der Waals surface area contributed by atoms with E-state index in [2.05, 4.69) is 26.3 Å². The summed E-state index contributed by atoms with van der Waals surface area (Å²) in [5.74, 6) is -0.523. The number of carbonyl (C=O) groups is 1. The van der Waals surface area contributed by atoms with E-state index in [1.165, 1.54) is 4.68 Å². The SMILES string of the molecule is Cc1c(Br)c([N+](=O)[O-])nn1[C@@H](C)C(=O)NC[C@@H]1CCCO1. The van der Waals surface area contributed by atoms with E-state index in [9.17, 15) is 14.9 Å². The Morgan fingerprint density at radius 2 is 2.43 bits per heavy atom. The third-order valence-electron chi connectivity index (χ3n) is 3.51. The first kappa shape index (κ1) is 15.9. The van der Waals surface area contributed by atoms with Crippen molar-refractivity contribution in [1.29, 1.82) is 0 Å². The number of amides is 1. The summed E-state index contributed by atoms with van der Waals surface area (Å²) in [6.45, 7) is 4.51. The van der Waals surface area contributed by atoms with Crippen LogP contribution >= 0.6 is 15.9 Å². The summed E-state index contributed by atoms with van der Waals surface area (Å²) in [5.41, 5.74) is 0.543. The molecule has 1 aliphatic heterocycles. The van der Waals surface area contributed by atoms with Crippen molar-refractivity contribution in [3.8, 4) is 0 Å². The maximum Gasteiger partial charge on any atom is 0.404 e. The molecule has 0 aliphatic carbocycles. The lowest BCUT2D eigenvalue weighted by Gasteiger charge is -2.14. The number of nitro groups is 1. The fourth-order valence-electron chi connectivity index (χ4n) is 2.26. The molecule has 0 radical (unpaired) electrons. The quantitative estimate of drug-likeness (QED) is 0.636. The number of hydrogen-bond donors (Lipinski definition) is 1. The molecule has 1 aromatic rings. The van der Waals surface area contributed by atoms with Crippen molar-refractivity contribution in [3.05, 3.63) is 20.3 Å². The zero-order chi connectivity index (χ0) is 15.6. The lowest BCUT2D eigenvalue weighted by molar-refractivity contribution is -0.390. The predicted molar refractivity (Wildman–Crippen MR) is 78.0 cm³/mol. The molecule has 0 spiro atoms. The minimum absolute atomic E-state index is 0.0564. The van der Waals surface area contributed by atoms with Gasteiger partial charge in [0.25, 0.3) is 0 Å². The lowest BCUT2D eigenvalue weighted by Crippen LogP contribution is -2.36. The third kappa shape index (κ3) is 3.41. The predicted octanol–water partition coefficient (Wildman–Crippen LogP) is 1.72. The van der Waals surface area contributed by atoms with Crippen molar-refractivity contribution < 1.29 is 14.5 Å². The summed E-state index contributed by atoms with van der Waals surface area (Å²) < 4.78 is 7.08. The first-order valence-corrected chi connectivity index (χ1v) is 7.49. The summed E-state index contributed by atoms with van der Waals surface area (Å²) in [6, 6.07) is -0.628. The highest BCUT2D eigenvalue weighted by atomic mass is 79.9. The Bertz CT molecular complexity index is 554. The van der Waals surface area contributed by atoms with E-state index in [4.69, 9.17) is 4.74 Å². The average molecular weight is 361 g/mol. The van der Waals surface area contributed by atoms with Crippen LogP contribution in [-0.2, 0) is 9.53 Å². The fourth-order valence-corrected chi connectivity index (χ4v) is 2.66. The first-order chi connectivity index (χ1) is 9.91. The molecular weight excluding hydrogens is 344 g/mol. The molecule has 1 aliphatic rings. The van der Waals surface area contributed by atoms with Gasteiger partial charge in [0.15, 0.2) is 0 Å². The Hall–Kier alpha value is -1.48. The number of aromatic nitrogens is 2. The highest BCUT2D eigenvalue weighted by molar-refractivity contribution is 9.10. The summed E-state index contributed by atoms with van der Waals surface area (Å²) in [4.78, 5) is 22.4. The zero-order valence-electron chi connectivity index (χ0n) is 11.8. The number of rotatable bonds is 5. The van der Waals surface area contributed by atoms with Crippen molar-refractivity contribution in [2.75, 3.05) is 13.2 Å². The molecule has 21 heavy (non-hydrogen) atoms. The number of hydrogen-bond acceptors (Lipinski definition) is 5. The number of halogens is 1. The van der Waals surface area contributed by atoms with Crippen LogP contribution in [0.5, 0.6) is 0 Å². The Balaban J connectivity index is 2.04. The van der Waals surface area contributed by atoms with Gasteiger partial charge in [-0.05, 0) is 47.5 Å². The van der Waals surface area contributed by atoms with Gasteiger partial charge in [-0.2, -0.15) is 4.68 Å². The molecule has 116 valence electrons. The van der Waals surface area contributed by atoms with Gasteiger partial charge in [0, 0.05) is 13.2 Å². The smallest absolute Gasteiger partial charge is 0.376 e. The molecule has 2 atom stereocenters. The average Bonchev–Trinajstić information content (AvgIpc) is 3.05. The van der Waals surface area contributed by atoms with Crippen LogP contribution in [0.4, 0.5) is 5.82 Å². The van der Waals surface area contributed by atoms with Gasteiger partial charge >= 0.3 is 5.82 Å². The second kappa shape index (κ2) is 6.52. The van der Waals surface area contributed by atoms with Crippen LogP contribution in [-0.4, -0.2) is 39.9 Å². The molecule has 2 rings (SSSR count).